The lowest BCUT2D eigenvalue weighted by molar-refractivity contribution is 0.0540. The van der Waals surface area contributed by atoms with Crippen LogP contribution in [0.1, 0.15) is 37.7 Å². The molecule has 3 atom stereocenters. The van der Waals surface area contributed by atoms with Gasteiger partial charge >= 0.3 is 0 Å². The van der Waals surface area contributed by atoms with Crippen LogP contribution in [0.3, 0.4) is 0 Å². The Hall–Kier alpha value is -0.900. The molecular weight excluding hydrogens is 262 g/mol. The first kappa shape index (κ1) is 15.0. The van der Waals surface area contributed by atoms with Crippen LogP contribution in [0.4, 0.5) is 0 Å². The molecule has 3 nitrogen and oxygen atoms in total. The van der Waals surface area contributed by atoms with Gasteiger partial charge in [-0.1, -0.05) is 30.3 Å². The van der Waals surface area contributed by atoms with Crippen LogP contribution < -0.4 is 0 Å². The van der Waals surface area contributed by atoms with E-state index in [0.29, 0.717) is 17.8 Å². The van der Waals surface area contributed by atoms with Crippen molar-refractivity contribution in [1.29, 1.82) is 0 Å². The largest absolute Gasteiger partial charge is 0.396 e. The minimum Gasteiger partial charge on any atom is -0.396 e. The first-order chi connectivity index (χ1) is 10.1. The van der Waals surface area contributed by atoms with E-state index in [4.69, 9.17) is 0 Å². The van der Waals surface area contributed by atoms with Crippen molar-refractivity contribution in [2.75, 3.05) is 26.2 Å². The Morgan fingerprint density at radius 2 is 1.81 bits per heavy atom. The van der Waals surface area contributed by atoms with E-state index in [1.54, 1.807) is 0 Å². The van der Waals surface area contributed by atoms with Crippen LogP contribution in [0.25, 0.3) is 0 Å². The fourth-order valence-corrected chi connectivity index (χ4v) is 4.42. The van der Waals surface area contributed by atoms with Gasteiger partial charge in [0.15, 0.2) is 0 Å². The molecule has 116 valence electrons. The third-order valence-electron chi connectivity index (χ3n) is 5.28. The molecule has 1 saturated heterocycles. The average Bonchev–Trinajstić information content (AvgIpc) is 2.92. The third-order valence-corrected chi connectivity index (χ3v) is 5.28. The van der Waals surface area contributed by atoms with Crippen molar-refractivity contribution in [2.24, 2.45) is 11.8 Å². The quantitative estimate of drug-likeness (QED) is 0.874. The van der Waals surface area contributed by atoms with Crippen LogP contribution in [-0.4, -0.2) is 47.0 Å². The highest BCUT2D eigenvalue weighted by molar-refractivity contribution is 5.20. The van der Waals surface area contributed by atoms with Crippen LogP contribution in [0.5, 0.6) is 0 Å². The molecule has 0 spiro atoms. The highest BCUT2D eigenvalue weighted by atomic mass is 16.3. The number of fused-ring (bicyclic) bond motifs is 1. The lowest BCUT2D eigenvalue weighted by atomic mass is 9.95. The molecule has 0 amide bonds. The molecule has 1 aromatic carbocycles. The highest BCUT2D eigenvalue weighted by Gasteiger charge is 2.45. The van der Waals surface area contributed by atoms with Crippen molar-refractivity contribution in [3.05, 3.63) is 35.9 Å². The third kappa shape index (κ3) is 3.47. The summed E-state index contributed by atoms with van der Waals surface area (Å²) in [7, 11) is 0. The van der Waals surface area contributed by atoms with Crippen LogP contribution in [0.15, 0.2) is 30.3 Å². The topological polar surface area (TPSA) is 43.7 Å². The first-order valence-electron chi connectivity index (χ1n) is 8.18. The van der Waals surface area contributed by atoms with Crippen molar-refractivity contribution >= 4 is 0 Å². The number of rotatable bonds is 5. The van der Waals surface area contributed by atoms with Gasteiger partial charge in [0.25, 0.3) is 0 Å². The number of aliphatic hydroxyl groups is 2. The molecule has 1 heterocycles. The zero-order chi connectivity index (χ0) is 14.9. The van der Waals surface area contributed by atoms with Gasteiger partial charge in [-0.2, -0.15) is 0 Å². The zero-order valence-electron chi connectivity index (χ0n) is 12.9. The molecule has 3 heteroatoms. The van der Waals surface area contributed by atoms with Crippen LogP contribution in [-0.2, 0) is 0 Å². The van der Waals surface area contributed by atoms with E-state index in [1.807, 2.05) is 13.0 Å². The van der Waals surface area contributed by atoms with Gasteiger partial charge < -0.3 is 15.1 Å². The summed E-state index contributed by atoms with van der Waals surface area (Å²) in [6.07, 6.45) is 2.72. The van der Waals surface area contributed by atoms with E-state index in [1.165, 1.54) is 5.56 Å². The van der Waals surface area contributed by atoms with Crippen LogP contribution in [0, 0.1) is 11.8 Å². The Kier molecular flexibility index (Phi) is 4.34. The molecule has 1 aliphatic heterocycles. The lowest BCUT2D eigenvalue weighted by Gasteiger charge is -2.26. The summed E-state index contributed by atoms with van der Waals surface area (Å²) in [6, 6.07) is 10.5. The molecule has 1 aromatic rings. The molecule has 3 unspecified atom stereocenters. The van der Waals surface area contributed by atoms with Gasteiger partial charge in [0.2, 0.25) is 0 Å². The summed E-state index contributed by atoms with van der Waals surface area (Å²) >= 11 is 0. The second kappa shape index (κ2) is 6.07. The first-order valence-corrected chi connectivity index (χ1v) is 8.18. The molecule has 0 bridgehead atoms. The minimum atomic E-state index is -0.439. The molecule has 0 aromatic heterocycles. The van der Waals surface area contributed by atoms with Crippen molar-refractivity contribution in [3.8, 4) is 0 Å². The van der Waals surface area contributed by atoms with Crippen molar-refractivity contribution in [1.82, 2.24) is 4.90 Å². The molecule has 3 rings (SSSR count). The Balaban J connectivity index is 1.61. The van der Waals surface area contributed by atoms with Crippen molar-refractivity contribution in [3.63, 3.8) is 0 Å². The van der Waals surface area contributed by atoms with Gasteiger partial charge in [-0.25, -0.2) is 0 Å². The van der Waals surface area contributed by atoms with Crippen molar-refractivity contribution in [2.45, 2.75) is 37.7 Å². The second-order valence-electron chi connectivity index (χ2n) is 7.26. The summed E-state index contributed by atoms with van der Waals surface area (Å²) in [6.45, 7) is 5.47. The van der Waals surface area contributed by atoms with E-state index in [2.05, 4.69) is 29.2 Å². The number of nitrogens with zero attached hydrogens (tertiary/aromatic N) is 1. The Morgan fingerprint density at radius 1 is 1.19 bits per heavy atom. The predicted molar refractivity (Wildman–Crippen MR) is 84.2 cm³/mol. The summed E-state index contributed by atoms with van der Waals surface area (Å²) in [5, 5.41) is 19.5. The van der Waals surface area contributed by atoms with E-state index in [0.717, 1.165) is 38.9 Å². The van der Waals surface area contributed by atoms with Gasteiger partial charge in [-0.3, -0.25) is 0 Å². The summed E-state index contributed by atoms with van der Waals surface area (Å²) in [5.41, 5.74) is 0.890. The fourth-order valence-electron chi connectivity index (χ4n) is 4.42. The zero-order valence-corrected chi connectivity index (χ0v) is 12.9. The standard InChI is InChI=1S/C18H27NO2/c1-18(21)9-16-12-19(13-17(16)10-18)11-15(7-8-20)14-5-3-2-4-6-14/h2-6,15-17,20-21H,7-13H2,1H3. The number of aliphatic hydroxyl groups excluding tert-OH is 1. The number of hydrogen-bond donors (Lipinski definition) is 2. The molecular formula is C18H27NO2. The predicted octanol–water partition coefficient (Wildman–Crippen LogP) is 2.25. The normalized spacial score (nSPS) is 34.0. The monoisotopic (exact) mass is 289 g/mol. The average molecular weight is 289 g/mol. The highest BCUT2D eigenvalue weighted by Crippen LogP contribution is 2.44. The number of likely N-dealkylation sites (tertiary alicyclic amines) is 1. The van der Waals surface area contributed by atoms with Gasteiger partial charge in [-0.15, -0.1) is 0 Å². The maximum absolute atomic E-state index is 10.2. The van der Waals surface area contributed by atoms with Crippen LogP contribution in [0.2, 0.25) is 0 Å². The summed E-state index contributed by atoms with van der Waals surface area (Å²) in [5.74, 6) is 1.73. The molecule has 1 saturated carbocycles. The smallest absolute Gasteiger partial charge is 0.0626 e. The number of benzene rings is 1. The number of hydrogen-bond acceptors (Lipinski definition) is 3. The van der Waals surface area contributed by atoms with E-state index >= 15 is 0 Å². The van der Waals surface area contributed by atoms with E-state index in [9.17, 15) is 10.2 Å². The van der Waals surface area contributed by atoms with Gasteiger partial charge in [0.1, 0.15) is 0 Å². The van der Waals surface area contributed by atoms with Gasteiger partial charge in [-0.05, 0) is 49.5 Å². The SMILES string of the molecule is CC1(O)CC2CN(CC(CCO)c3ccccc3)CC2C1. The Morgan fingerprint density at radius 3 is 2.38 bits per heavy atom. The Labute approximate surface area is 127 Å². The molecule has 2 N–H and O–H groups in total. The second-order valence-corrected chi connectivity index (χ2v) is 7.26. The molecule has 1 aliphatic carbocycles. The molecule has 2 aliphatic rings. The maximum Gasteiger partial charge on any atom is 0.0626 e. The molecule has 2 fully saturated rings. The maximum atomic E-state index is 10.2. The van der Waals surface area contributed by atoms with Crippen molar-refractivity contribution < 1.29 is 10.2 Å². The lowest BCUT2D eigenvalue weighted by Crippen LogP contribution is -2.30. The summed E-state index contributed by atoms with van der Waals surface area (Å²) < 4.78 is 0. The summed E-state index contributed by atoms with van der Waals surface area (Å²) in [4.78, 5) is 2.54. The minimum absolute atomic E-state index is 0.245. The van der Waals surface area contributed by atoms with Crippen LogP contribution >= 0.6 is 0 Å². The van der Waals surface area contributed by atoms with Gasteiger partial charge in [0.05, 0.1) is 5.60 Å². The van der Waals surface area contributed by atoms with E-state index < -0.39 is 5.60 Å². The molecule has 0 radical (unpaired) electrons. The van der Waals surface area contributed by atoms with Gasteiger partial charge in [0, 0.05) is 26.2 Å². The fraction of sp³-hybridized carbons (Fsp3) is 0.667. The molecule has 21 heavy (non-hydrogen) atoms. The Bertz CT molecular complexity index is 444. The van der Waals surface area contributed by atoms with E-state index in [-0.39, 0.29) is 6.61 Å².